The minimum absolute atomic E-state index is 0.606. The first-order chi connectivity index (χ1) is 8.34. The fraction of sp³-hybridized carbons (Fsp3) is 0.333. The van der Waals surface area contributed by atoms with E-state index < -0.39 is 11.4 Å². The van der Waals surface area contributed by atoms with Crippen LogP contribution in [-0.2, 0) is 10.2 Å². The summed E-state index contributed by atoms with van der Waals surface area (Å²) in [6.07, 6.45) is 0. The van der Waals surface area contributed by atoms with Gasteiger partial charge in [-0.2, -0.15) is 0 Å². The highest BCUT2D eigenvalue weighted by molar-refractivity contribution is 5.87. The molecule has 0 saturated carbocycles. The number of aliphatic carboxylic acids is 1. The second-order valence-electron chi connectivity index (χ2n) is 5.23. The lowest BCUT2D eigenvalue weighted by Gasteiger charge is -2.20. The molecule has 0 aliphatic rings. The van der Waals surface area contributed by atoms with Crippen molar-refractivity contribution < 1.29 is 9.90 Å². The van der Waals surface area contributed by atoms with E-state index in [1.165, 1.54) is 0 Å². The molecule has 0 unspecified atom stereocenters. The van der Waals surface area contributed by atoms with Gasteiger partial charge >= 0.3 is 5.97 Å². The SMILES string of the molecule is Cc1cc(C(C)(C)C(=O)O)nc2c(C)cccc12. The van der Waals surface area contributed by atoms with Crippen molar-refractivity contribution in [1.29, 1.82) is 0 Å². The van der Waals surface area contributed by atoms with Crippen LogP contribution in [0.2, 0.25) is 0 Å². The number of benzene rings is 1. The maximum absolute atomic E-state index is 11.3. The fourth-order valence-electron chi connectivity index (χ4n) is 1.99. The Bertz CT molecular complexity index is 630. The number of aromatic nitrogens is 1. The molecule has 0 spiro atoms. The molecule has 0 atom stereocenters. The van der Waals surface area contributed by atoms with Gasteiger partial charge in [0.15, 0.2) is 0 Å². The Labute approximate surface area is 106 Å². The molecule has 0 amide bonds. The zero-order valence-electron chi connectivity index (χ0n) is 11.1. The highest BCUT2D eigenvalue weighted by atomic mass is 16.4. The van der Waals surface area contributed by atoms with Crippen LogP contribution in [-0.4, -0.2) is 16.1 Å². The minimum atomic E-state index is -0.971. The first kappa shape index (κ1) is 12.6. The van der Waals surface area contributed by atoms with Crippen molar-refractivity contribution in [3.05, 3.63) is 41.1 Å². The molecule has 1 heterocycles. The molecule has 18 heavy (non-hydrogen) atoms. The van der Waals surface area contributed by atoms with Crippen molar-refractivity contribution in [2.75, 3.05) is 0 Å². The molecule has 1 aromatic carbocycles. The average molecular weight is 243 g/mol. The van der Waals surface area contributed by atoms with Gasteiger partial charge in [-0.1, -0.05) is 18.2 Å². The Morgan fingerprint density at radius 2 is 1.89 bits per heavy atom. The van der Waals surface area contributed by atoms with E-state index in [-0.39, 0.29) is 0 Å². The number of nitrogens with zero attached hydrogens (tertiary/aromatic N) is 1. The van der Waals surface area contributed by atoms with Crippen LogP contribution in [0.3, 0.4) is 0 Å². The monoisotopic (exact) mass is 243 g/mol. The van der Waals surface area contributed by atoms with Gasteiger partial charge in [0.1, 0.15) is 5.41 Å². The number of carboxylic acid groups (broad SMARTS) is 1. The van der Waals surface area contributed by atoms with Gasteiger partial charge in [0.05, 0.1) is 11.2 Å². The molecule has 1 N–H and O–H groups in total. The van der Waals surface area contributed by atoms with Gasteiger partial charge in [0.2, 0.25) is 0 Å². The van der Waals surface area contributed by atoms with Crippen LogP contribution < -0.4 is 0 Å². The first-order valence-corrected chi connectivity index (χ1v) is 5.95. The Balaban J connectivity index is 2.77. The Morgan fingerprint density at radius 1 is 1.22 bits per heavy atom. The van der Waals surface area contributed by atoms with Gasteiger partial charge < -0.3 is 5.11 Å². The number of fused-ring (bicyclic) bond motifs is 1. The summed E-state index contributed by atoms with van der Waals surface area (Å²) in [6, 6.07) is 7.87. The molecule has 0 saturated heterocycles. The van der Waals surface area contributed by atoms with E-state index in [9.17, 15) is 9.90 Å². The van der Waals surface area contributed by atoms with Gasteiger partial charge in [-0.3, -0.25) is 9.78 Å². The lowest BCUT2D eigenvalue weighted by Crippen LogP contribution is -2.29. The minimum Gasteiger partial charge on any atom is -0.481 e. The lowest BCUT2D eigenvalue weighted by atomic mass is 9.87. The number of pyridine rings is 1. The summed E-state index contributed by atoms with van der Waals surface area (Å²) in [5, 5.41) is 10.4. The molecule has 0 fully saturated rings. The van der Waals surface area contributed by atoms with E-state index in [1.807, 2.05) is 38.1 Å². The third-order valence-corrected chi connectivity index (χ3v) is 3.42. The van der Waals surface area contributed by atoms with E-state index in [2.05, 4.69) is 4.98 Å². The van der Waals surface area contributed by atoms with E-state index in [4.69, 9.17) is 0 Å². The third-order valence-electron chi connectivity index (χ3n) is 3.42. The standard InChI is InChI=1S/C15H17NO2/c1-9-6-5-7-11-10(2)8-12(16-13(9)11)15(3,4)14(17)18/h5-8H,1-4H3,(H,17,18). The van der Waals surface area contributed by atoms with E-state index in [1.54, 1.807) is 13.8 Å². The molecule has 2 rings (SSSR count). The quantitative estimate of drug-likeness (QED) is 0.881. The third kappa shape index (κ3) is 1.86. The van der Waals surface area contributed by atoms with Crippen molar-refractivity contribution in [2.24, 2.45) is 0 Å². The summed E-state index contributed by atoms with van der Waals surface area (Å²) >= 11 is 0. The largest absolute Gasteiger partial charge is 0.481 e. The molecular weight excluding hydrogens is 226 g/mol. The van der Waals surface area contributed by atoms with Gasteiger partial charge in [-0.05, 0) is 44.9 Å². The van der Waals surface area contributed by atoms with Gasteiger partial charge in [0.25, 0.3) is 0 Å². The number of hydrogen-bond acceptors (Lipinski definition) is 2. The van der Waals surface area contributed by atoms with Crippen LogP contribution in [0, 0.1) is 13.8 Å². The molecule has 2 aromatic rings. The molecule has 94 valence electrons. The predicted molar refractivity (Wildman–Crippen MR) is 71.9 cm³/mol. The Morgan fingerprint density at radius 3 is 2.50 bits per heavy atom. The lowest BCUT2D eigenvalue weighted by molar-refractivity contribution is -0.142. The summed E-state index contributed by atoms with van der Waals surface area (Å²) in [5.74, 6) is -0.859. The van der Waals surface area contributed by atoms with Crippen molar-refractivity contribution >= 4 is 16.9 Å². The summed E-state index contributed by atoms with van der Waals surface area (Å²) in [4.78, 5) is 15.9. The van der Waals surface area contributed by atoms with Crippen LogP contribution >= 0.6 is 0 Å². The average Bonchev–Trinajstić information content (AvgIpc) is 2.30. The van der Waals surface area contributed by atoms with Crippen molar-refractivity contribution in [1.82, 2.24) is 4.98 Å². The number of aryl methyl sites for hydroxylation is 2. The van der Waals surface area contributed by atoms with Crippen molar-refractivity contribution in [3.63, 3.8) is 0 Å². The van der Waals surface area contributed by atoms with Crippen LogP contribution in [0.5, 0.6) is 0 Å². The smallest absolute Gasteiger partial charge is 0.315 e. The Hall–Kier alpha value is -1.90. The number of rotatable bonds is 2. The van der Waals surface area contributed by atoms with Gasteiger partial charge in [-0.15, -0.1) is 0 Å². The van der Waals surface area contributed by atoms with E-state index >= 15 is 0 Å². The zero-order valence-corrected chi connectivity index (χ0v) is 11.1. The second kappa shape index (κ2) is 4.09. The van der Waals surface area contributed by atoms with Crippen molar-refractivity contribution in [2.45, 2.75) is 33.1 Å². The van der Waals surface area contributed by atoms with Crippen molar-refractivity contribution in [3.8, 4) is 0 Å². The highest BCUT2D eigenvalue weighted by Crippen LogP contribution is 2.27. The number of carbonyl (C=O) groups is 1. The molecule has 0 aliphatic heterocycles. The maximum atomic E-state index is 11.3. The maximum Gasteiger partial charge on any atom is 0.315 e. The molecule has 0 radical (unpaired) electrons. The Kier molecular flexibility index (Phi) is 2.85. The molecule has 0 aliphatic carbocycles. The van der Waals surface area contributed by atoms with E-state index in [0.717, 1.165) is 22.0 Å². The van der Waals surface area contributed by atoms with Crippen LogP contribution in [0.1, 0.15) is 30.7 Å². The first-order valence-electron chi connectivity index (χ1n) is 5.95. The van der Waals surface area contributed by atoms with Crippen LogP contribution in [0.25, 0.3) is 10.9 Å². The number of carboxylic acids is 1. The number of hydrogen-bond donors (Lipinski definition) is 1. The highest BCUT2D eigenvalue weighted by Gasteiger charge is 2.31. The molecular formula is C15H17NO2. The molecule has 3 heteroatoms. The fourth-order valence-corrected chi connectivity index (χ4v) is 1.99. The molecule has 3 nitrogen and oxygen atoms in total. The second-order valence-corrected chi connectivity index (χ2v) is 5.23. The summed E-state index contributed by atoms with van der Waals surface area (Å²) in [5.41, 5.74) is 2.66. The van der Waals surface area contributed by atoms with Crippen LogP contribution in [0.15, 0.2) is 24.3 Å². The molecule has 1 aromatic heterocycles. The van der Waals surface area contributed by atoms with Gasteiger partial charge in [0, 0.05) is 5.39 Å². The van der Waals surface area contributed by atoms with E-state index in [0.29, 0.717) is 5.69 Å². The normalized spacial score (nSPS) is 11.8. The number of para-hydroxylation sites is 1. The summed E-state index contributed by atoms with van der Waals surface area (Å²) in [6.45, 7) is 7.35. The van der Waals surface area contributed by atoms with Gasteiger partial charge in [-0.25, -0.2) is 0 Å². The van der Waals surface area contributed by atoms with Crippen LogP contribution in [0.4, 0.5) is 0 Å². The summed E-state index contributed by atoms with van der Waals surface area (Å²) < 4.78 is 0. The topological polar surface area (TPSA) is 50.2 Å². The summed E-state index contributed by atoms with van der Waals surface area (Å²) in [7, 11) is 0. The zero-order chi connectivity index (χ0) is 13.5. The predicted octanol–water partition coefficient (Wildman–Crippen LogP) is 3.21. The molecule has 0 bridgehead atoms.